The lowest BCUT2D eigenvalue weighted by Crippen LogP contribution is -2.43. The first-order chi connectivity index (χ1) is 11.8. The maximum Gasteiger partial charge on any atom is 0.317 e. The van der Waals surface area contributed by atoms with Crippen molar-refractivity contribution in [2.75, 3.05) is 27.4 Å². The summed E-state index contributed by atoms with van der Waals surface area (Å²) in [5, 5.41) is 37.2. The van der Waals surface area contributed by atoms with Crippen molar-refractivity contribution in [2.45, 2.75) is 50.0 Å². The van der Waals surface area contributed by atoms with E-state index in [4.69, 9.17) is 29.2 Å². The molecule has 1 fully saturated rings. The highest BCUT2D eigenvalue weighted by Gasteiger charge is 2.47. The van der Waals surface area contributed by atoms with Gasteiger partial charge in [-0.05, 0) is 19.3 Å². The molecule has 1 aliphatic rings. The molecule has 5 atom stereocenters. The van der Waals surface area contributed by atoms with E-state index >= 15 is 0 Å². The molecule has 0 spiro atoms. The SMILES string of the molecule is COC[C@@H](OC)[C@H]1OC(O)[C@H](O)[C@H]1OCCCCC(C(=O)O)C(=O)O. The third-order valence-corrected chi connectivity index (χ3v) is 4.04. The van der Waals surface area contributed by atoms with Gasteiger partial charge >= 0.3 is 11.9 Å². The second kappa shape index (κ2) is 10.6. The summed E-state index contributed by atoms with van der Waals surface area (Å²) in [7, 11) is 2.92. The van der Waals surface area contributed by atoms with Crippen LogP contribution >= 0.6 is 0 Å². The van der Waals surface area contributed by atoms with Crippen molar-refractivity contribution in [1.82, 2.24) is 0 Å². The molecule has 1 heterocycles. The molecule has 1 saturated heterocycles. The zero-order valence-electron chi connectivity index (χ0n) is 14.2. The Kier molecular flexibility index (Phi) is 9.25. The predicted molar refractivity (Wildman–Crippen MR) is 81.9 cm³/mol. The molecule has 1 rings (SSSR count). The Labute approximate surface area is 145 Å². The van der Waals surface area contributed by atoms with E-state index in [1.807, 2.05) is 0 Å². The fourth-order valence-corrected chi connectivity index (χ4v) is 2.65. The molecule has 10 nitrogen and oxygen atoms in total. The summed E-state index contributed by atoms with van der Waals surface area (Å²) in [6.45, 7) is 0.322. The van der Waals surface area contributed by atoms with Crippen LogP contribution in [0.4, 0.5) is 0 Å². The van der Waals surface area contributed by atoms with Crippen molar-refractivity contribution in [3.63, 3.8) is 0 Å². The Balaban J connectivity index is 2.47. The van der Waals surface area contributed by atoms with E-state index in [1.54, 1.807) is 0 Å². The number of aliphatic hydroxyl groups excluding tert-OH is 2. The Morgan fingerprint density at radius 2 is 1.76 bits per heavy atom. The molecule has 0 aromatic carbocycles. The largest absolute Gasteiger partial charge is 0.481 e. The van der Waals surface area contributed by atoms with Crippen LogP contribution in [0, 0.1) is 5.92 Å². The number of aliphatic hydroxyl groups is 2. The molecule has 0 radical (unpaired) electrons. The molecule has 0 saturated carbocycles. The summed E-state index contributed by atoms with van der Waals surface area (Å²) in [5.74, 6) is -4.20. The summed E-state index contributed by atoms with van der Waals surface area (Å²) in [4.78, 5) is 21.6. The average Bonchev–Trinajstić information content (AvgIpc) is 2.83. The van der Waals surface area contributed by atoms with E-state index in [2.05, 4.69) is 0 Å². The highest BCUT2D eigenvalue weighted by Crippen LogP contribution is 2.26. The second-order valence-corrected chi connectivity index (χ2v) is 5.77. The van der Waals surface area contributed by atoms with Crippen molar-refractivity contribution in [2.24, 2.45) is 5.92 Å². The molecule has 25 heavy (non-hydrogen) atoms. The third-order valence-electron chi connectivity index (χ3n) is 4.04. The number of methoxy groups -OCH3 is 2. The quantitative estimate of drug-likeness (QED) is 0.252. The van der Waals surface area contributed by atoms with Gasteiger partial charge in [0.1, 0.15) is 24.4 Å². The molecular formula is C15H26O10. The van der Waals surface area contributed by atoms with E-state index in [9.17, 15) is 19.8 Å². The monoisotopic (exact) mass is 366 g/mol. The molecule has 1 aliphatic heterocycles. The lowest BCUT2D eigenvalue weighted by molar-refractivity contribution is -0.158. The molecule has 0 aromatic rings. The van der Waals surface area contributed by atoms with Crippen LogP contribution < -0.4 is 0 Å². The van der Waals surface area contributed by atoms with Crippen LogP contribution in [0.5, 0.6) is 0 Å². The van der Waals surface area contributed by atoms with Crippen molar-refractivity contribution in [3.8, 4) is 0 Å². The molecule has 0 bridgehead atoms. The third kappa shape index (κ3) is 6.17. The lowest BCUT2D eigenvalue weighted by Gasteiger charge is -2.26. The highest BCUT2D eigenvalue weighted by atomic mass is 16.7. The minimum absolute atomic E-state index is 0.0197. The Morgan fingerprint density at radius 3 is 2.28 bits per heavy atom. The molecule has 4 N–H and O–H groups in total. The number of ether oxygens (including phenoxy) is 4. The zero-order valence-corrected chi connectivity index (χ0v) is 14.2. The van der Waals surface area contributed by atoms with E-state index < -0.39 is 48.6 Å². The van der Waals surface area contributed by atoms with E-state index in [0.29, 0.717) is 12.8 Å². The number of rotatable bonds is 12. The number of carbonyl (C=O) groups is 2. The van der Waals surface area contributed by atoms with Gasteiger partial charge in [0.15, 0.2) is 12.2 Å². The number of hydrogen-bond donors (Lipinski definition) is 4. The van der Waals surface area contributed by atoms with Gasteiger partial charge in [-0.15, -0.1) is 0 Å². The zero-order chi connectivity index (χ0) is 19.0. The normalized spacial score (nSPS) is 27.6. The van der Waals surface area contributed by atoms with Gasteiger partial charge in [-0.25, -0.2) is 0 Å². The standard InChI is InChI=1S/C15H26O10/c1-22-7-9(23-2)11-12(10(16)15(21)25-11)24-6-4-3-5-8(13(17)18)14(19)20/h8-12,15-16,21H,3-7H2,1-2H3,(H,17,18)(H,19,20)/t9-,10-,11-,12-,15?/m1/s1. The first kappa shape index (κ1) is 21.7. The van der Waals surface area contributed by atoms with Crippen molar-refractivity contribution >= 4 is 11.9 Å². The summed E-state index contributed by atoms with van der Waals surface area (Å²) in [5.41, 5.74) is 0. The van der Waals surface area contributed by atoms with Gasteiger partial charge in [0.25, 0.3) is 0 Å². The van der Waals surface area contributed by atoms with Gasteiger partial charge in [0.05, 0.1) is 6.61 Å². The smallest absolute Gasteiger partial charge is 0.317 e. The highest BCUT2D eigenvalue weighted by molar-refractivity contribution is 5.92. The summed E-state index contributed by atoms with van der Waals surface area (Å²) in [6.07, 6.45) is -4.10. The van der Waals surface area contributed by atoms with Gasteiger partial charge < -0.3 is 39.4 Å². The number of carboxylic acids is 2. The van der Waals surface area contributed by atoms with Crippen LogP contribution in [-0.2, 0) is 28.5 Å². The predicted octanol–water partition coefficient (Wildman–Crippen LogP) is -0.933. The first-order valence-electron chi connectivity index (χ1n) is 7.94. The van der Waals surface area contributed by atoms with E-state index in [0.717, 1.165) is 0 Å². The fourth-order valence-electron chi connectivity index (χ4n) is 2.65. The lowest BCUT2D eigenvalue weighted by atomic mass is 10.0. The molecule has 10 heteroatoms. The molecule has 0 amide bonds. The minimum Gasteiger partial charge on any atom is -0.481 e. The van der Waals surface area contributed by atoms with Crippen LogP contribution in [0.2, 0.25) is 0 Å². The summed E-state index contributed by atoms with van der Waals surface area (Å²) in [6, 6.07) is 0. The number of unbranched alkanes of at least 4 members (excludes halogenated alkanes) is 1. The van der Waals surface area contributed by atoms with E-state index in [-0.39, 0.29) is 19.6 Å². The van der Waals surface area contributed by atoms with Crippen LogP contribution in [0.25, 0.3) is 0 Å². The van der Waals surface area contributed by atoms with Gasteiger partial charge in [-0.2, -0.15) is 0 Å². The molecule has 0 aromatic heterocycles. The van der Waals surface area contributed by atoms with Crippen molar-refractivity contribution in [3.05, 3.63) is 0 Å². The first-order valence-corrected chi connectivity index (χ1v) is 7.94. The van der Waals surface area contributed by atoms with Gasteiger partial charge in [0, 0.05) is 20.8 Å². The second-order valence-electron chi connectivity index (χ2n) is 5.77. The fraction of sp³-hybridized carbons (Fsp3) is 0.867. The van der Waals surface area contributed by atoms with Gasteiger partial charge in [-0.3, -0.25) is 9.59 Å². The Hall–Kier alpha value is -1.30. The van der Waals surface area contributed by atoms with Crippen LogP contribution in [0.15, 0.2) is 0 Å². The van der Waals surface area contributed by atoms with Gasteiger partial charge in [0.2, 0.25) is 0 Å². The minimum atomic E-state index is -1.45. The van der Waals surface area contributed by atoms with Gasteiger partial charge in [-0.1, -0.05) is 0 Å². The maximum absolute atomic E-state index is 10.8. The molecular weight excluding hydrogens is 340 g/mol. The van der Waals surface area contributed by atoms with Crippen molar-refractivity contribution in [1.29, 1.82) is 0 Å². The van der Waals surface area contributed by atoms with Crippen LogP contribution in [0.3, 0.4) is 0 Å². The molecule has 1 unspecified atom stereocenters. The molecule has 0 aliphatic carbocycles. The van der Waals surface area contributed by atoms with Crippen LogP contribution in [0.1, 0.15) is 19.3 Å². The average molecular weight is 366 g/mol. The summed E-state index contributed by atoms with van der Waals surface area (Å²) >= 11 is 0. The Morgan fingerprint density at radius 1 is 1.12 bits per heavy atom. The van der Waals surface area contributed by atoms with E-state index in [1.165, 1.54) is 14.2 Å². The summed E-state index contributed by atoms with van der Waals surface area (Å²) < 4.78 is 21.1. The Bertz CT molecular complexity index is 415. The molecule has 146 valence electrons. The topological polar surface area (TPSA) is 152 Å². The van der Waals surface area contributed by atoms with Crippen LogP contribution in [-0.4, -0.2) is 90.5 Å². The number of aliphatic carboxylic acids is 2. The maximum atomic E-state index is 10.8. The van der Waals surface area contributed by atoms with Crippen molar-refractivity contribution < 1.29 is 49.0 Å². The number of carboxylic acid groups (broad SMARTS) is 2. The number of hydrogen-bond acceptors (Lipinski definition) is 8.